The van der Waals surface area contributed by atoms with Crippen molar-refractivity contribution in [3.8, 4) is 11.5 Å². The van der Waals surface area contributed by atoms with Gasteiger partial charge < -0.3 is 23.9 Å². The molecule has 1 saturated heterocycles. The Morgan fingerprint density at radius 3 is 2.68 bits per heavy atom. The molecule has 12 nitrogen and oxygen atoms in total. The summed E-state index contributed by atoms with van der Waals surface area (Å²) in [6.07, 6.45) is 1.42. The number of imide groups is 1. The van der Waals surface area contributed by atoms with Crippen molar-refractivity contribution in [1.29, 1.82) is 0 Å². The summed E-state index contributed by atoms with van der Waals surface area (Å²) in [6.45, 7) is -0.209. The van der Waals surface area contributed by atoms with Gasteiger partial charge in [0, 0.05) is 12.1 Å². The predicted molar refractivity (Wildman–Crippen MR) is 133 cm³/mol. The Hall–Kier alpha value is -4.84. The zero-order valence-corrected chi connectivity index (χ0v) is 20.8. The number of hydrogen-bond acceptors (Lipinski definition) is 9. The van der Waals surface area contributed by atoms with Gasteiger partial charge in [-0.15, -0.1) is 0 Å². The normalized spacial score (nSPS) is 14.0. The van der Waals surface area contributed by atoms with Crippen LogP contribution in [0.5, 0.6) is 11.5 Å². The SMILES string of the molecule is COC(=O)c1ccc(CN2C(=O)N/C(=C\c3cc(Cl)c(OCc4cccc([N+](=O)[O-])c4)c(OC)c3)C2=O)o1. The number of benzene rings is 2. The maximum Gasteiger partial charge on any atom is 0.373 e. The van der Waals surface area contributed by atoms with E-state index in [1.54, 1.807) is 18.2 Å². The summed E-state index contributed by atoms with van der Waals surface area (Å²) in [5, 5.41) is 13.6. The Labute approximate surface area is 220 Å². The molecule has 1 aliphatic heterocycles. The van der Waals surface area contributed by atoms with Crippen molar-refractivity contribution in [3.05, 3.63) is 92.0 Å². The third-order valence-electron chi connectivity index (χ3n) is 5.39. The van der Waals surface area contributed by atoms with Crippen LogP contribution in [0.4, 0.5) is 10.5 Å². The smallest absolute Gasteiger partial charge is 0.373 e. The van der Waals surface area contributed by atoms with Crippen molar-refractivity contribution < 1.29 is 37.9 Å². The van der Waals surface area contributed by atoms with Crippen LogP contribution in [0.1, 0.15) is 27.4 Å². The fourth-order valence-corrected chi connectivity index (χ4v) is 3.86. The molecule has 0 radical (unpaired) electrons. The first-order valence-corrected chi connectivity index (χ1v) is 11.3. The molecule has 1 N–H and O–H groups in total. The van der Waals surface area contributed by atoms with Gasteiger partial charge in [0.1, 0.15) is 18.1 Å². The van der Waals surface area contributed by atoms with E-state index in [1.807, 2.05) is 0 Å². The molecule has 1 fully saturated rings. The van der Waals surface area contributed by atoms with Gasteiger partial charge in [-0.25, -0.2) is 9.59 Å². The molecule has 0 unspecified atom stereocenters. The number of ether oxygens (including phenoxy) is 3. The summed E-state index contributed by atoms with van der Waals surface area (Å²) in [7, 11) is 2.61. The van der Waals surface area contributed by atoms with Crippen LogP contribution in [0.25, 0.3) is 6.08 Å². The molecule has 196 valence electrons. The molecule has 3 amide bonds. The number of nitro groups is 1. The second-order valence-electron chi connectivity index (χ2n) is 7.89. The van der Waals surface area contributed by atoms with Crippen molar-refractivity contribution in [1.82, 2.24) is 10.2 Å². The number of carbonyl (C=O) groups is 3. The summed E-state index contributed by atoms with van der Waals surface area (Å²) in [5.41, 5.74) is 0.904. The van der Waals surface area contributed by atoms with E-state index in [9.17, 15) is 24.5 Å². The number of carbonyl (C=O) groups excluding carboxylic acids is 3. The number of methoxy groups -OCH3 is 2. The summed E-state index contributed by atoms with van der Waals surface area (Å²) in [5.74, 6) is -0.700. The van der Waals surface area contributed by atoms with Gasteiger partial charge in [-0.2, -0.15) is 0 Å². The number of esters is 1. The molecule has 2 aromatic carbocycles. The van der Waals surface area contributed by atoms with Crippen molar-refractivity contribution >= 4 is 41.3 Å². The number of amides is 3. The number of hydrogen-bond donors (Lipinski definition) is 1. The first-order valence-electron chi connectivity index (χ1n) is 11.0. The second-order valence-corrected chi connectivity index (χ2v) is 8.29. The highest BCUT2D eigenvalue weighted by molar-refractivity contribution is 6.32. The highest BCUT2D eigenvalue weighted by Crippen LogP contribution is 2.38. The minimum atomic E-state index is -0.683. The number of nitro benzene ring substituents is 1. The highest BCUT2D eigenvalue weighted by Gasteiger charge is 2.34. The average molecular weight is 542 g/mol. The van der Waals surface area contributed by atoms with Crippen LogP contribution in [0.3, 0.4) is 0 Å². The maximum absolute atomic E-state index is 12.9. The third kappa shape index (κ3) is 5.60. The molecule has 38 heavy (non-hydrogen) atoms. The maximum atomic E-state index is 12.9. The lowest BCUT2D eigenvalue weighted by molar-refractivity contribution is -0.384. The van der Waals surface area contributed by atoms with E-state index in [0.29, 0.717) is 11.1 Å². The third-order valence-corrected chi connectivity index (χ3v) is 5.67. The summed E-state index contributed by atoms with van der Waals surface area (Å²) in [6, 6.07) is 11.2. The van der Waals surface area contributed by atoms with Crippen LogP contribution in [-0.2, 0) is 22.7 Å². The van der Waals surface area contributed by atoms with E-state index in [4.69, 9.17) is 25.5 Å². The van der Waals surface area contributed by atoms with Crippen LogP contribution in [0.15, 0.2) is 58.6 Å². The monoisotopic (exact) mass is 541 g/mol. The summed E-state index contributed by atoms with van der Waals surface area (Å²) in [4.78, 5) is 48.3. The molecule has 2 heterocycles. The Bertz CT molecular complexity index is 1460. The summed E-state index contributed by atoms with van der Waals surface area (Å²) < 4.78 is 21.1. The van der Waals surface area contributed by atoms with Crippen LogP contribution in [-0.4, -0.2) is 42.0 Å². The molecule has 0 saturated carbocycles. The zero-order chi connectivity index (χ0) is 27.4. The fourth-order valence-electron chi connectivity index (χ4n) is 3.59. The second kappa shape index (κ2) is 11.0. The first kappa shape index (κ1) is 26.2. The Morgan fingerprint density at radius 2 is 1.97 bits per heavy atom. The molecule has 0 spiro atoms. The van der Waals surface area contributed by atoms with Crippen LogP contribution in [0.2, 0.25) is 5.02 Å². The van der Waals surface area contributed by atoms with Gasteiger partial charge in [-0.3, -0.25) is 19.8 Å². The van der Waals surface area contributed by atoms with E-state index >= 15 is 0 Å². The molecule has 0 bridgehead atoms. The number of nitrogens with one attached hydrogen (secondary N) is 1. The molecular formula is C25H20ClN3O9. The molecule has 0 aliphatic carbocycles. The van der Waals surface area contributed by atoms with Crippen LogP contribution in [0, 0.1) is 10.1 Å². The van der Waals surface area contributed by atoms with E-state index in [1.165, 1.54) is 50.6 Å². The van der Waals surface area contributed by atoms with E-state index in [2.05, 4.69) is 10.1 Å². The molecule has 1 aromatic heterocycles. The van der Waals surface area contributed by atoms with E-state index in [0.717, 1.165) is 4.90 Å². The molecule has 4 rings (SSSR count). The molecule has 1 aliphatic rings. The minimum absolute atomic E-state index is 0.00777. The quantitative estimate of drug-likeness (QED) is 0.137. The molecule has 3 aromatic rings. The Morgan fingerprint density at radius 1 is 1.18 bits per heavy atom. The lowest BCUT2D eigenvalue weighted by atomic mass is 10.1. The van der Waals surface area contributed by atoms with Gasteiger partial charge in [0.15, 0.2) is 11.5 Å². The minimum Gasteiger partial charge on any atom is -0.493 e. The largest absolute Gasteiger partial charge is 0.493 e. The van der Waals surface area contributed by atoms with Gasteiger partial charge >= 0.3 is 12.0 Å². The van der Waals surface area contributed by atoms with Crippen molar-refractivity contribution in [3.63, 3.8) is 0 Å². The van der Waals surface area contributed by atoms with Gasteiger partial charge in [0.2, 0.25) is 5.76 Å². The molecule has 0 atom stereocenters. The van der Waals surface area contributed by atoms with Crippen LogP contribution >= 0.6 is 11.6 Å². The predicted octanol–water partition coefficient (Wildman–Crippen LogP) is 4.31. The van der Waals surface area contributed by atoms with Crippen molar-refractivity contribution in [2.45, 2.75) is 13.2 Å². The zero-order valence-electron chi connectivity index (χ0n) is 20.1. The Kier molecular flexibility index (Phi) is 7.63. The number of rotatable bonds is 9. The topological polar surface area (TPSA) is 150 Å². The van der Waals surface area contributed by atoms with Crippen molar-refractivity contribution in [2.75, 3.05) is 14.2 Å². The average Bonchev–Trinajstić information content (AvgIpc) is 3.47. The van der Waals surface area contributed by atoms with Gasteiger partial charge in [0.05, 0.1) is 30.7 Å². The Balaban J connectivity index is 1.50. The lowest BCUT2D eigenvalue weighted by Gasteiger charge is -2.13. The van der Waals surface area contributed by atoms with Crippen LogP contribution < -0.4 is 14.8 Å². The van der Waals surface area contributed by atoms with E-state index < -0.39 is 22.8 Å². The number of furan rings is 1. The number of nitrogens with zero attached hydrogens (tertiary/aromatic N) is 2. The van der Waals surface area contributed by atoms with Crippen molar-refractivity contribution in [2.24, 2.45) is 0 Å². The number of non-ortho nitro benzene ring substituents is 1. The number of urea groups is 1. The lowest BCUT2D eigenvalue weighted by Crippen LogP contribution is -2.30. The number of halogens is 1. The summed E-state index contributed by atoms with van der Waals surface area (Å²) >= 11 is 6.41. The molecular weight excluding hydrogens is 522 g/mol. The first-order chi connectivity index (χ1) is 18.2. The molecule has 13 heteroatoms. The standard InChI is InChI=1S/C25H20ClN3O9/c1-35-21-11-15(9-18(26)22(21)37-13-14-4-3-5-16(8-14)29(33)34)10-19-23(30)28(25(32)27-19)12-17-6-7-20(38-17)24(31)36-2/h3-11H,12-13H2,1-2H3,(H,27,32)/b19-10-. The van der Waals surface area contributed by atoms with Gasteiger partial charge in [-0.05, 0) is 41.5 Å². The fraction of sp³-hybridized carbons (Fsp3) is 0.160. The van der Waals surface area contributed by atoms with Gasteiger partial charge in [-0.1, -0.05) is 23.7 Å². The van der Waals surface area contributed by atoms with Gasteiger partial charge in [0.25, 0.3) is 11.6 Å². The highest BCUT2D eigenvalue weighted by atomic mass is 35.5. The van der Waals surface area contributed by atoms with E-state index in [-0.39, 0.29) is 52.6 Å².